The zero-order valence-electron chi connectivity index (χ0n) is 13.3. The summed E-state index contributed by atoms with van der Waals surface area (Å²) in [4.78, 5) is 7.42. The number of rotatable bonds is 4. The third-order valence-corrected chi connectivity index (χ3v) is 3.69. The lowest BCUT2D eigenvalue weighted by Crippen LogP contribution is -1.87. The number of aromatic nitrogens is 1. The number of nitrogens with zero attached hydrogens (tertiary/aromatic N) is 1. The van der Waals surface area contributed by atoms with Crippen LogP contribution in [0.25, 0.3) is 10.9 Å². The fraction of sp³-hybridized carbons (Fsp3) is 0.167. The summed E-state index contributed by atoms with van der Waals surface area (Å²) in [5.41, 5.74) is 3.27. The smallest absolute Gasteiger partial charge is 0.198 e. The van der Waals surface area contributed by atoms with E-state index in [-0.39, 0.29) is 5.88 Å². The number of ether oxygens (including phenoxy) is 2. The normalized spacial score (nSPS) is 11.3. The largest absolute Gasteiger partial charge is 0.497 e. The van der Waals surface area contributed by atoms with Crippen molar-refractivity contribution < 1.29 is 14.6 Å². The lowest BCUT2D eigenvalue weighted by Gasteiger charge is -2.06. The van der Waals surface area contributed by atoms with Crippen molar-refractivity contribution >= 4 is 22.8 Å². The second-order valence-electron chi connectivity index (χ2n) is 5.23. The van der Waals surface area contributed by atoms with Crippen molar-refractivity contribution in [1.29, 1.82) is 0 Å². The third kappa shape index (κ3) is 2.85. The highest BCUT2D eigenvalue weighted by atomic mass is 16.5. The summed E-state index contributed by atoms with van der Waals surface area (Å²) in [7, 11) is 3.19. The van der Waals surface area contributed by atoms with Gasteiger partial charge in [-0.15, -0.1) is 0 Å². The van der Waals surface area contributed by atoms with Gasteiger partial charge < -0.3 is 19.6 Å². The first-order valence-corrected chi connectivity index (χ1v) is 7.19. The Balaban J connectivity index is 2.05. The number of aromatic hydroxyl groups is 1. The van der Waals surface area contributed by atoms with Crippen LogP contribution in [0.3, 0.4) is 0 Å². The van der Waals surface area contributed by atoms with Crippen LogP contribution in [0.2, 0.25) is 0 Å². The number of fused-ring (bicyclic) bond motifs is 1. The Morgan fingerprint density at radius 3 is 2.65 bits per heavy atom. The van der Waals surface area contributed by atoms with E-state index in [9.17, 15) is 5.11 Å². The predicted octanol–water partition coefficient (Wildman–Crippen LogP) is 3.95. The molecule has 0 aliphatic carbocycles. The second-order valence-corrected chi connectivity index (χ2v) is 5.23. The first-order valence-electron chi connectivity index (χ1n) is 7.19. The number of hydrogen-bond acceptors (Lipinski definition) is 4. The molecule has 23 heavy (non-hydrogen) atoms. The van der Waals surface area contributed by atoms with Crippen LogP contribution >= 0.6 is 0 Å². The molecule has 2 N–H and O–H groups in total. The fourth-order valence-corrected chi connectivity index (χ4v) is 2.48. The van der Waals surface area contributed by atoms with E-state index in [4.69, 9.17) is 9.47 Å². The summed E-state index contributed by atoms with van der Waals surface area (Å²) < 4.78 is 10.5. The molecule has 0 fully saturated rings. The topological polar surface area (TPSA) is 66.8 Å². The van der Waals surface area contributed by atoms with E-state index in [0.717, 1.165) is 16.5 Å². The molecule has 0 saturated carbocycles. The number of benzene rings is 2. The van der Waals surface area contributed by atoms with Gasteiger partial charge in [0.1, 0.15) is 17.2 Å². The zero-order chi connectivity index (χ0) is 16.4. The van der Waals surface area contributed by atoms with E-state index >= 15 is 0 Å². The summed E-state index contributed by atoms with van der Waals surface area (Å²) in [6.07, 6.45) is 1.63. The van der Waals surface area contributed by atoms with Crippen molar-refractivity contribution in [2.45, 2.75) is 6.92 Å². The molecule has 118 valence electrons. The van der Waals surface area contributed by atoms with Crippen molar-refractivity contribution in [3.63, 3.8) is 0 Å². The molecule has 0 saturated heterocycles. The predicted molar refractivity (Wildman–Crippen MR) is 91.5 cm³/mol. The van der Waals surface area contributed by atoms with Gasteiger partial charge in [-0.05, 0) is 30.7 Å². The minimum absolute atomic E-state index is 0.0937. The lowest BCUT2D eigenvalue weighted by molar-refractivity contribution is 0.404. The van der Waals surface area contributed by atoms with E-state index in [1.165, 1.54) is 0 Å². The highest BCUT2D eigenvalue weighted by molar-refractivity contribution is 6.02. The third-order valence-electron chi connectivity index (χ3n) is 3.69. The quantitative estimate of drug-likeness (QED) is 0.717. The van der Waals surface area contributed by atoms with Crippen LogP contribution < -0.4 is 9.47 Å². The van der Waals surface area contributed by atoms with Gasteiger partial charge in [0.25, 0.3) is 0 Å². The van der Waals surface area contributed by atoms with Gasteiger partial charge >= 0.3 is 0 Å². The van der Waals surface area contributed by atoms with Crippen LogP contribution in [0.5, 0.6) is 17.4 Å². The van der Waals surface area contributed by atoms with Gasteiger partial charge in [0.05, 0.1) is 19.8 Å². The van der Waals surface area contributed by atoms with E-state index in [1.54, 1.807) is 32.6 Å². The molecular formula is C18H18N2O3. The van der Waals surface area contributed by atoms with Gasteiger partial charge in [0, 0.05) is 23.2 Å². The molecule has 0 aliphatic rings. The molecule has 0 amide bonds. The molecule has 2 aromatic carbocycles. The Hall–Kier alpha value is -2.95. The van der Waals surface area contributed by atoms with Gasteiger partial charge in [0.2, 0.25) is 0 Å². The molecule has 0 bridgehead atoms. The number of methoxy groups -OCH3 is 2. The average Bonchev–Trinajstić information content (AvgIpc) is 2.86. The molecular weight excluding hydrogens is 292 g/mol. The Morgan fingerprint density at radius 2 is 1.91 bits per heavy atom. The Kier molecular flexibility index (Phi) is 3.93. The summed E-state index contributed by atoms with van der Waals surface area (Å²) in [6, 6.07) is 11.3. The summed E-state index contributed by atoms with van der Waals surface area (Å²) in [5.74, 6) is 1.42. The summed E-state index contributed by atoms with van der Waals surface area (Å²) >= 11 is 0. The van der Waals surface area contributed by atoms with Crippen molar-refractivity contribution in [2.75, 3.05) is 14.2 Å². The molecule has 0 atom stereocenters. The van der Waals surface area contributed by atoms with Crippen LogP contribution in [0.15, 0.2) is 41.4 Å². The summed E-state index contributed by atoms with van der Waals surface area (Å²) in [5, 5.41) is 11.0. The number of aliphatic imine (C=N–C) groups is 1. The fourth-order valence-electron chi connectivity index (χ4n) is 2.48. The highest BCUT2D eigenvalue weighted by Crippen LogP contribution is 2.32. The van der Waals surface area contributed by atoms with Crippen LogP contribution in [-0.4, -0.2) is 30.5 Å². The minimum atomic E-state index is 0.0937. The van der Waals surface area contributed by atoms with Crippen molar-refractivity contribution in [1.82, 2.24) is 4.98 Å². The molecule has 0 aliphatic heterocycles. The molecule has 3 aromatic rings. The van der Waals surface area contributed by atoms with E-state index in [2.05, 4.69) is 9.98 Å². The van der Waals surface area contributed by atoms with Gasteiger partial charge in [-0.1, -0.05) is 12.1 Å². The molecule has 5 nitrogen and oxygen atoms in total. The molecule has 5 heteroatoms. The first kappa shape index (κ1) is 15.0. The van der Waals surface area contributed by atoms with Crippen LogP contribution in [-0.2, 0) is 0 Å². The molecule has 1 aromatic heterocycles. The number of aromatic amines is 1. The Labute approximate surface area is 134 Å². The van der Waals surface area contributed by atoms with Gasteiger partial charge in [-0.25, -0.2) is 0 Å². The maximum absolute atomic E-state index is 10.1. The maximum atomic E-state index is 10.1. The Bertz CT molecular complexity index is 881. The maximum Gasteiger partial charge on any atom is 0.198 e. The lowest BCUT2D eigenvalue weighted by atomic mass is 10.1. The summed E-state index contributed by atoms with van der Waals surface area (Å²) in [6.45, 7) is 2.01. The second kappa shape index (κ2) is 6.04. The molecule has 0 radical (unpaired) electrons. The zero-order valence-corrected chi connectivity index (χ0v) is 13.3. The van der Waals surface area contributed by atoms with Gasteiger partial charge in [0.15, 0.2) is 5.88 Å². The molecule has 0 unspecified atom stereocenters. The SMILES string of the molecule is COc1ccc(OC)c(N=Cc2c(O)[nH]c3cc(C)ccc23)c1. The van der Waals surface area contributed by atoms with E-state index in [0.29, 0.717) is 22.7 Å². The van der Waals surface area contributed by atoms with Gasteiger partial charge in [-0.2, -0.15) is 0 Å². The molecule has 3 rings (SSSR count). The number of H-pyrrole nitrogens is 1. The van der Waals surface area contributed by atoms with Crippen molar-refractivity contribution in [3.05, 3.63) is 47.5 Å². The van der Waals surface area contributed by atoms with Crippen molar-refractivity contribution in [2.24, 2.45) is 4.99 Å². The average molecular weight is 310 g/mol. The first-order chi connectivity index (χ1) is 11.1. The number of hydrogen-bond donors (Lipinski definition) is 2. The minimum Gasteiger partial charge on any atom is -0.497 e. The molecule has 1 heterocycles. The monoisotopic (exact) mass is 310 g/mol. The highest BCUT2D eigenvalue weighted by Gasteiger charge is 2.09. The van der Waals surface area contributed by atoms with Crippen LogP contribution in [0.1, 0.15) is 11.1 Å². The standard InChI is InChI=1S/C18H18N2O3/c1-11-4-6-13-14(18(21)20-15(13)8-11)10-19-16-9-12(22-2)5-7-17(16)23-3/h4-10,20-21H,1-3H3. The van der Waals surface area contributed by atoms with E-state index < -0.39 is 0 Å². The Morgan fingerprint density at radius 1 is 1.09 bits per heavy atom. The number of nitrogens with one attached hydrogen (secondary N) is 1. The number of aryl methyl sites for hydroxylation is 1. The van der Waals surface area contributed by atoms with Gasteiger partial charge in [-0.3, -0.25) is 4.99 Å². The van der Waals surface area contributed by atoms with E-state index in [1.807, 2.05) is 31.2 Å². The van der Waals surface area contributed by atoms with Crippen molar-refractivity contribution in [3.8, 4) is 17.4 Å². The van der Waals surface area contributed by atoms with Crippen LogP contribution in [0.4, 0.5) is 5.69 Å². The van der Waals surface area contributed by atoms with Crippen LogP contribution in [0, 0.1) is 6.92 Å². The molecule has 0 spiro atoms.